The van der Waals surface area contributed by atoms with Gasteiger partial charge in [-0.05, 0) is 95.6 Å². The Labute approximate surface area is 291 Å². The van der Waals surface area contributed by atoms with Crippen molar-refractivity contribution in [3.8, 4) is 33.4 Å². The number of hydrogen-bond acceptors (Lipinski definition) is 1. The van der Waals surface area contributed by atoms with Gasteiger partial charge in [-0.3, -0.25) is 0 Å². The molecule has 0 fully saturated rings. The molecular weight excluding hydrogens is 556 g/mol. The van der Waals surface area contributed by atoms with E-state index in [0.29, 0.717) is 5.56 Å². The van der Waals surface area contributed by atoms with Gasteiger partial charge in [0.2, 0.25) is 0 Å². The van der Waals surface area contributed by atoms with Gasteiger partial charge in [0.25, 0.3) is 0 Å². The van der Waals surface area contributed by atoms with Crippen molar-refractivity contribution in [2.24, 2.45) is 0 Å². The molecule has 0 amide bonds. The van der Waals surface area contributed by atoms with E-state index in [0.717, 1.165) is 22.3 Å². The minimum atomic E-state index is -0.734. The van der Waals surface area contributed by atoms with Gasteiger partial charge in [-0.15, -0.1) is 0 Å². The monoisotopic (exact) mass is 603 g/mol. The van der Waals surface area contributed by atoms with Crippen molar-refractivity contribution in [3.05, 3.63) is 156 Å². The topological polar surface area (TPSA) is 13.1 Å². The maximum absolute atomic E-state index is 9.82. The number of rotatable bonds is 2. The molecule has 0 radical (unpaired) electrons. The van der Waals surface area contributed by atoms with Gasteiger partial charge in [0.05, 0.1) is 23.3 Å². The first-order valence-electron chi connectivity index (χ1n) is 23.2. The molecule has 0 bridgehead atoms. The molecule has 1 aliphatic carbocycles. The fourth-order valence-electron chi connectivity index (χ4n) is 7.08. The lowest BCUT2D eigenvalue weighted by Crippen LogP contribution is -2.14. The summed E-state index contributed by atoms with van der Waals surface area (Å²) >= 11 is 0. The molecule has 1 aliphatic rings. The number of fused-ring (bicyclic) bond motifs is 10. The Balaban J connectivity index is 1.46. The first kappa shape index (κ1) is 14.2. The fraction of sp³-hybridized carbons (Fsp3) is 0.0667. The van der Waals surface area contributed by atoms with Crippen LogP contribution in [0.1, 0.15) is 48.3 Å². The summed E-state index contributed by atoms with van der Waals surface area (Å²) < 4.78 is 160. The zero-order valence-electron chi connectivity index (χ0n) is 41.4. The molecule has 0 saturated heterocycles. The third-order valence-electron chi connectivity index (χ3n) is 9.18. The van der Waals surface area contributed by atoms with E-state index in [2.05, 4.69) is 13.8 Å². The van der Waals surface area contributed by atoms with Gasteiger partial charge < -0.3 is 4.42 Å². The molecule has 0 N–H and O–H groups in total. The molecular formula is C45H30O. The summed E-state index contributed by atoms with van der Waals surface area (Å²) in [5.41, 5.74) is 2.11. The summed E-state index contributed by atoms with van der Waals surface area (Å²) in [5.74, 6) is 0. The molecule has 1 nitrogen and oxygen atoms in total. The van der Waals surface area contributed by atoms with E-state index in [-0.39, 0.29) is 59.8 Å². The maximum atomic E-state index is 9.82. The van der Waals surface area contributed by atoms with Crippen molar-refractivity contribution in [2.45, 2.75) is 19.3 Å². The second kappa shape index (κ2) is 9.19. The molecule has 9 aromatic rings. The average Bonchev–Trinajstić information content (AvgIpc) is 3.77. The Morgan fingerprint density at radius 1 is 0.522 bits per heavy atom. The molecule has 0 atom stereocenters. The predicted molar refractivity (Wildman–Crippen MR) is 195 cm³/mol. The lowest BCUT2D eigenvalue weighted by atomic mass is 9.81. The summed E-state index contributed by atoms with van der Waals surface area (Å²) in [7, 11) is 0. The summed E-state index contributed by atoms with van der Waals surface area (Å²) in [6, 6.07) is 2.29. The summed E-state index contributed by atoms with van der Waals surface area (Å²) in [4.78, 5) is 0. The van der Waals surface area contributed by atoms with Gasteiger partial charge in [-0.2, -0.15) is 0 Å². The van der Waals surface area contributed by atoms with Gasteiger partial charge in [-0.25, -0.2) is 0 Å². The molecule has 216 valence electrons. The molecule has 8 aromatic carbocycles. The van der Waals surface area contributed by atoms with E-state index in [1.54, 1.807) is 6.07 Å². The van der Waals surface area contributed by atoms with Crippen molar-refractivity contribution < 1.29 is 27.7 Å². The van der Waals surface area contributed by atoms with Crippen LogP contribution in [0.5, 0.6) is 0 Å². The van der Waals surface area contributed by atoms with E-state index in [9.17, 15) is 9.60 Å². The second-order valence-electron chi connectivity index (χ2n) is 11.9. The molecule has 0 spiro atoms. The van der Waals surface area contributed by atoms with Gasteiger partial charge in [-0.1, -0.05) is 135 Å². The third kappa shape index (κ3) is 3.40. The predicted octanol–water partition coefficient (Wildman–Crippen LogP) is 12.7. The van der Waals surface area contributed by atoms with E-state index in [1.807, 2.05) is 36.4 Å². The summed E-state index contributed by atoms with van der Waals surface area (Å²) in [6.07, 6.45) is 0. The van der Waals surface area contributed by atoms with Crippen LogP contribution < -0.4 is 0 Å². The quantitative estimate of drug-likeness (QED) is 0.179. The summed E-state index contributed by atoms with van der Waals surface area (Å²) in [6.45, 7) is 4.16. The minimum absolute atomic E-state index is 0.0552. The number of furan rings is 1. The van der Waals surface area contributed by atoms with Crippen LogP contribution in [0.15, 0.2) is 150 Å². The van der Waals surface area contributed by atoms with E-state index < -0.39 is 119 Å². The van der Waals surface area contributed by atoms with Crippen molar-refractivity contribution in [1.82, 2.24) is 0 Å². The van der Waals surface area contributed by atoms with Gasteiger partial charge in [0, 0.05) is 21.6 Å². The average molecular weight is 604 g/mol. The zero-order valence-corrected chi connectivity index (χ0v) is 24.4. The highest BCUT2D eigenvalue weighted by atomic mass is 16.3. The smallest absolute Gasteiger partial charge is 0.143 e. The highest BCUT2D eigenvalue weighted by Crippen LogP contribution is 2.51. The standard InChI is InChI=1S/C45H30O/c1-45(2)39-18-10-9-13-31(39)37-25-28(20-23-40(37)45)42-32-14-5-7-16-34(32)43(35-17-8-6-15-33(35)42)29-21-24-41-38(26-29)36-22-19-27-11-3-4-12-30(27)44(36)46-41/h3-26H,1-2H3/i3D,4D,5D,6D,7D,8D,11D,12D,14D,15D,16D,17D,19D,21D,22D,24D,26D. The van der Waals surface area contributed by atoms with E-state index in [4.69, 9.17) is 18.1 Å². The van der Waals surface area contributed by atoms with Crippen LogP contribution in [0.2, 0.25) is 0 Å². The van der Waals surface area contributed by atoms with Crippen molar-refractivity contribution >= 4 is 54.3 Å². The number of hydrogen-bond donors (Lipinski definition) is 0. The van der Waals surface area contributed by atoms with Crippen molar-refractivity contribution in [3.63, 3.8) is 0 Å². The molecule has 10 rings (SSSR count). The maximum Gasteiger partial charge on any atom is 0.143 e. The highest BCUT2D eigenvalue weighted by Gasteiger charge is 2.35. The van der Waals surface area contributed by atoms with Crippen molar-refractivity contribution in [1.29, 1.82) is 0 Å². The minimum Gasteiger partial charge on any atom is -0.455 e. The lowest BCUT2D eigenvalue weighted by Gasteiger charge is -2.22. The van der Waals surface area contributed by atoms with Crippen molar-refractivity contribution in [2.75, 3.05) is 0 Å². The largest absolute Gasteiger partial charge is 0.455 e. The van der Waals surface area contributed by atoms with Gasteiger partial charge in [0.15, 0.2) is 0 Å². The molecule has 1 heteroatoms. The normalized spacial score (nSPS) is 18.8. The van der Waals surface area contributed by atoms with Crippen LogP contribution >= 0.6 is 0 Å². The van der Waals surface area contributed by atoms with Crippen LogP contribution in [0.25, 0.3) is 87.6 Å². The number of benzene rings is 8. The zero-order chi connectivity index (χ0) is 45.4. The van der Waals surface area contributed by atoms with Gasteiger partial charge in [0.1, 0.15) is 11.2 Å². The Hall–Kier alpha value is -5.66. The summed E-state index contributed by atoms with van der Waals surface area (Å²) in [5, 5.41) is -2.16. The third-order valence-corrected chi connectivity index (χ3v) is 9.18. The fourth-order valence-corrected chi connectivity index (χ4v) is 7.08. The first-order valence-corrected chi connectivity index (χ1v) is 14.7. The SMILES string of the molecule is [2H]c1c(-c2c3c([2H])c([2H])c([2H])c([2H])c3c(-c3ccc4c(c3)-c3ccccc3C4(C)C)c3c([2H])c([2H])c([2H])c([2H])c23)c([2H])c2c(oc3c4c([2H])c([2H])c([2H])c([2H])c4c([2H])c([2H])c32)c1[2H]. The van der Waals surface area contributed by atoms with Crippen LogP contribution in [-0.2, 0) is 5.41 Å². The van der Waals surface area contributed by atoms with Crippen LogP contribution in [0, 0.1) is 0 Å². The molecule has 1 aromatic heterocycles. The Kier molecular flexibility index (Phi) is 2.83. The molecule has 0 aliphatic heterocycles. The van der Waals surface area contributed by atoms with Crippen LogP contribution in [-0.4, -0.2) is 0 Å². The Morgan fingerprint density at radius 3 is 1.89 bits per heavy atom. The molecule has 0 unspecified atom stereocenters. The second-order valence-corrected chi connectivity index (χ2v) is 11.9. The Morgan fingerprint density at radius 2 is 1.15 bits per heavy atom. The van der Waals surface area contributed by atoms with Crippen LogP contribution in [0.3, 0.4) is 0 Å². The Bertz CT molecular complexity index is 3600. The van der Waals surface area contributed by atoms with Gasteiger partial charge >= 0.3 is 0 Å². The lowest BCUT2D eigenvalue weighted by molar-refractivity contribution is 0.660. The molecule has 46 heavy (non-hydrogen) atoms. The van der Waals surface area contributed by atoms with Crippen LogP contribution in [0.4, 0.5) is 0 Å². The van der Waals surface area contributed by atoms with E-state index >= 15 is 0 Å². The molecule has 1 heterocycles. The highest BCUT2D eigenvalue weighted by molar-refractivity contribution is 6.23. The molecule has 0 saturated carbocycles. The first-order chi connectivity index (χ1) is 29.7. The van der Waals surface area contributed by atoms with E-state index in [1.165, 1.54) is 0 Å².